The molecule has 3 fully saturated rings. The number of carbonyl (C=O) groups is 1. The minimum absolute atomic E-state index is 0.0300. The van der Waals surface area contributed by atoms with Gasteiger partial charge in [-0.2, -0.15) is 0 Å². The molecule has 0 aromatic rings. The summed E-state index contributed by atoms with van der Waals surface area (Å²) in [5, 5.41) is 9.20. The number of carboxylic acids is 1. The molecule has 6 unspecified atom stereocenters. The van der Waals surface area contributed by atoms with Crippen molar-refractivity contribution < 1.29 is 24.1 Å². The first-order valence-corrected chi connectivity index (χ1v) is 8.52. The minimum Gasteiger partial charge on any atom is -0.481 e. The molecule has 2 heterocycles. The van der Waals surface area contributed by atoms with Crippen molar-refractivity contribution in [1.29, 1.82) is 0 Å². The van der Waals surface area contributed by atoms with E-state index in [4.69, 9.17) is 14.2 Å². The molecule has 2 saturated heterocycles. The second-order valence-corrected chi connectivity index (χ2v) is 7.74. The minimum atomic E-state index is -0.758. The second-order valence-electron chi connectivity index (χ2n) is 7.74. The number of epoxide rings is 2. The molecule has 130 valence electrons. The molecule has 6 atom stereocenters. The van der Waals surface area contributed by atoms with Crippen molar-refractivity contribution in [3.8, 4) is 0 Å². The summed E-state index contributed by atoms with van der Waals surface area (Å²) < 4.78 is 17.8. The van der Waals surface area contributed by atoms with E-state index in [9.17, 15) is 9.90 Å². The van der Waals surface area contributed by atoms with E-state index in [1.54, 1.807) is 7.11 Å². The third-order valence-electron chi connectivity index (χ3n) is 5.86. The fourth-order valence-electron chi connectivity index (χ4n) is 4.53. The molecule has 0 radical (unpaired) electrons. The number of ether oxygens (including phenoxy) is 3. The number of hydrogen-bond acceptors (Lipinski definition) is 4. The Hall–Kier alpha value is -0.910. The maximum atomic E-state index is 11.2. The molecule has 1 spiro atoms. The van der Waals surface area contributed by atoms with E-state index in [2.05, 4.69) is 26.8 Å². The lowest BCUT2D eigenvalue weighted by Crippen LogP contribution is -2.52. The third-order valence-corrected chi connectivity index (χ3v) is 5.86. The highest BCUT2D eigenvalue weighted by atomic mass is 16.6. The number of aliphatic carboxylic acids is 1. The molecule has 3 aliphatic rings. The summed E-state index contributed by atoms with van der Waals surface area (Å²) in [6.45, 7) is 7.06. The van der Waals surface area contributed by atoms with Crippen LogP contribution in [-0.2, 0) is 19.0 Å². The Balaban J connectivity index is 1.79. The molecular formula is C18H28O5. The van der Waals surface area contributed by atoms with Crippen molar-refractivity contribution in [1.82, 2.24) is 0 Å². The Morgan fingerprint density at radius 1 is 1.43 bits per heavy atom. The molecule has 3 rings (SSSR count). The van der Waals surface area contributed by atoms with Crippen molar-refractivity contribution in [2.24, 2.45) is 11.8 Å². The first kappa shape index (κ1) is 16.9. The monoisotopic (exact) mass is 324 g/mol. The van der Waals surface area contributed by atoms with Gasteiger partial charge in [-0.15, -0.1) is 0 Å². The predicted molar refractivity (Wildman–Crippen MR) is 85.3 cm³/mol. The van der Waals surface area contributed by atoms with Crippen molar-refractivity contribution in [3.05, 3.63) is 11.6 Å². The van der Waals surface area contributed by atoms with Gasteiger partial charge < -0.3 is 19.3 Å². The van der Waals surface area contributed by atoms with Crippen LogP contribution in [0, 0.1) is 11.8 Å². The van der Waals surface area contributed by atoms with Gasteiger partial charge in [0.05, 0.1) is 30.8 Å². The average molecular weight is 324 g/mol. The fourth-order valence-corrected chi connectivity index (χ4v) is 4.53. The Kier molecular flexibility index (Phi) is 4.32. The Bertz CT molecular complexity index is 506. The van der Waals surface area contributed by atoms with Crippen molar-refractivity contribution in [2.75, 3.05) is 13.7 Å². The summed E-state index contributed by atoms with van der Waals surface area (Å²) in [4.78, 5) is 11.2. The summed E-state index contributed by atoms with van der Waals surface area (Å²) >= 11 is 0. The van der Waals surface area contributed by atoms with Crippen LogP contribution < -0.4 is 0 Å². The third kappa shape index (κ3) is 3.06. The van der Waals surface area contributed by atoms with Gasteiger partial charge in [-0.3, -0.25) is 4.79 Å². The van der Waals surface area contributed by atoms with Crippen LogP contribution in [-0.4, -0.2) is 48.2 Å². The van der Waals surface area contributed by atoms with Crippen LogP contribution in [0.5, 0.6) is 0 Å². The van der Waals surface area contributed by atoms with E-state index in [1.807, 2.05) is 0 Å². The normalized spacial score (nSPS) is 44.9. The molecule has 5 heteroatoms. The van der Waals surface area contributed by atoms with Gasteiger partial charge in [0.1, 0.15) is 5.60 Å². The number of hydrogen-bond donors (Lipinski definition) is 1. The molecule has 0 bridgehead atoms. The molecule has 2 aliphatic heterocycles. The Labute approximate surface area is 138 Å². The van der Waals surface area contributed by atoms with Crippen molar-refractivity contribution >= 4 is 5.97 Å². The second kappa shape index (κ2) is 5.87. The van der Waals surface area contributed by atoms with Gasteiger partial charge in [-0.05, 0) is 46.0 Å². The van der Waals surface area contributed by atoms with Crippen LogP contribution >= 0.6 is 0 Å². The lowest BCUT2D eigenvalue weighted by atomic mass is 9.65. The lowest BCUT2D eigenvalue weighted by molar-refractivity contribution is -0.143. The first-order chi connectivity index (χ1) is 10.8. The van der Waals surface area contributed by atoms with Gasteiger partial charge in [0, 0.05) is 13.0 Å². The molecule has 23 heavy (non-hydrogen) atoms. The lowest BCUT2D eigenvalue weighted by Gasteiger charge is -2.43. The first-order valence-electron chi connectivity index (χ1n) is 8.52. The topological polar surface area (TPSA) is 71.6 Å². The maximum Gasteiger partial charge on any atom is 0.303 e. The number of rotatable bonds is 6. The van der Waals surface area contributed by atoms with Crippen molar-refractivity contribution in [3.63, 3.8) is 0 Å². The van der Waals surface area contributed by atoms with Gasteiger partial charge in [0.15, 0.2) is 0 Å². The van der Waals surface area contributed by atoms with Gasteiger partial charge >= 0.3 is 5.97 Å². The highest BCUT2D eigenvalue weighted by molar-refractivity contribution is 5.67. The van der Waals surface area contributed by atoms with E-state index in [0.29, 0.717) is 0 Å². The smallest absolute Gasteiger partial charge is 0.303 e. The summed E-state index contributed by atoms with van der Waals surface area (Å²) in [5.41, 5.74) is 0.848. The highest BCUT2D eigenvalue weighted by Gasteiger charge is 2.71. The molecule has 1 saturated carbocycles. The van der Waals surface area contributed by atoms with Crippen molar-refractivity contribution in [2.45, 2.75) is 69.9 Å². The standard InChI is InChI=1S/C18H28O5/c1-11(2)5-6-13-17(3,23-13)16-15(21-4)12(9-14(19)20)7-8-18(16)10-22-18/h5,12-13,15-16H,6-10H2,1-4H3,(H,19,20). The predicted octanol–water partition coefficient (Wildman–Crippen LogP) is 2.79. The van der Waals surface area contributed by atoms with E-state index < -0.39 is 5.97 Å². The largest absolute Gasteiger partial charge is 0.481 e. The molecule has 0 aromatic heterocycles. The summed E-state index contributed by atoms with van der Waals surface area (Å²) in [6, 6.07) is 0. The molecular weight excluding hydrogens is 296 g/mol. The SMILES string of the molecule is COC1C(CC(=O)O)CCC2(CO2)C1C1(C)OC1CC=C(C)C. The number of methoxy groups -OCH3 is 1. The van der Waals surface area contributed by atoms with E-state index in [1.165, 1.54) is 5.57 Å². The van der Waals surface area contributed by atoms with Crippen LogP contribution in [0.3, 0.4) is 0 Å². The van der Waals surface area contributed by atoms with Crippen LogP contribution in [0.4, 0.5) is 0 Å². The number of carboxylic acid groups (broad SMARTS) is 1. The van der Waals surface area contributed by atoms with E-state index in [0.717, 1.165) is 25.9 Å². The van der Waals surface area contributed by atoms with Gasteiger partial charge in [0.2, 0.25) is 0 Å². The summed E-state index contributed by atoms with van der Waals surface area (Å²) in [7, 11) is 1.69. The van der Waals surface area contributed by atoms with Gasteiger partial charge in [-0.25, -0.2) is 0 Å². The highest BCUT2D eigenvalue weighted by Crippen LogP contribution is 2.60. The zero-order valence-electron chi connectivity index (χ0n) is 14.5. The molecule has 1 N–H and O–H groups in total. The Morgan fingerprint density at radius 2 is 2.13 bits per heavy atom. The summed E-state index contributed by atoms with van der Waals surface area (Å²) in [5.74, 6) is -0.623. The van der Waals surface area contributed by atoms with Crippen LogP contribution in [0.1, 0.15) is 46.5 Å². The van der Waals surface area contributed by atoms with E-state index >= 15 is 0 Å². The maximum absolute atomic E-state index is 11.2. The fraction of sp³-hybridized carbons (Fsp3) is 0.833. The molecule has 0 aromatic carbocycles. The quantitative estimate of drug-likeness (QED) is 0.601. The summed E-state index contributed by atoms with van der Waals surface area (Å²) in [6.07, 6.45) is 5.05. The van der Waals surface area contributed by atoms with Crippen LogP contribution in [0.2, 0.25) is 0 Å². The van der Waals surface area contributed by atoms with Gasteiger partial charge in [0.25, 0.3) is 0 Å². The van der Waals surface area contributed by atoms with Crippen LogP contribution in [0.15, 0.2) is 11.6 Å². The Morgan fingerprint density at radius 3 is 2.65 bits per heavy atom. The zero-order chi connectivity index (χ0) is 16.8. The van der Waals surface area contributed by atoms with Crippen LogP contribution in [0.25, 0.3) is 0 Å². The molecule has 1 aliphatic carbocycles. The molecule has 5 nitrogen and oxygen atoms in total. The molecule has 0 amide bonds. The van der Waals surface area contributed by atoms with Gasteiger partial charge in [-0.1, -0.05) is 11.6 Å². The zero-order valence-corrected chi connectivity index (χ0v) is 14.5. The van der Waals surface area contributed by atoms with E-state index in [-0.39, 0.29) is 41.7 Å². The average Bonchev–Trinajstić information content (AvgIpc) is 3.37. The number of allylic oxidation sites excluding steroid dienone is 1.